The van der Waals surface area contributed by atoms with Gasteiger partial charge in [0.05, 0.1) is 18.7 Å². The number of nitrogens with one attached hydrogen (secondary N) is 1. The molecule has 4 rings (SSSR count). The summed E-state index contributed by atoms with van der Waals surface area (Å²) in [6.07, 6.45) is 1.25. The van der Waals surface area contributed by atoms with Gasteiger partial charge < -0.3 is 4.90 Å². The monoisotopic (exact) mass is 385 g/mol. The third kappa shape index (κ3) is 2.58. The minimum atomic E-state index is -0.280. The first-order valence-electron chi connectivity index (χ1n) is 8.18. The first kappa shape index (κ1) is 15.5. The lowest BCUT2D eigenvalue weighted by atomic mass is 9.98. The first-order chi connectivity index (χ1) is 11.6. The molecule has 2 aliphatic heterocycles. The second-order valence-electron chi connectivity index (χ2n) is 6.38. The van der Waals surface area contributed by atoms with E-state index in [0.717, 1.165) is 24.0 Å². The number of amides is 2. The van der Waals surface area contributed by atoms with Crippen molar-refractivity contribution in [3.8, 4) is 0 Å². The molecular weight excluding hydrogens is 368 g/mol. The Bertz CT molecular complexity index is 821. The van der Waals surface area contributed by atoms with Gasteiger partial charge in [-0.05, 0) is 33.6 Å². The number of quaternary nitrogens is 1. The molecule has 2 aromatic carbocycles. The minimum absolute atomic E-state index is 0.0821. The molecule has 0 saturated carbocycles. The molecule has 2 aromatic rings. The van der Waals surface area contributed by atoms with Gasteiger partial charge >= 0.3 is 0 Å². The Balaban J connectivity index is 1.60. The fraction of sp³-hybridized carbons (Fsp3) is 0.263. The number of anilines is 1. The number of hydrogen-bond acceptors (Lipinski definition) is 2. The average molecular weight is 386 g/mol. The molecule has 2 aliphatic rings. The zero-order valence-electron chi connectivity index (χ0n) is 13.2. The molecule has 2 heterocycles. The van der Waals surface area contributed by atoms with Crippen LogP contribution < -0.4 is 9.80 Å². The van der Waals surface area contributed by atoms with Gasteiger partial charge in [0, 0.05) is 16.5 Å². The maximum absolute atomic E-state index is 12.9. The minimum Gasteiger partial charge on any atom is -0.320 e. The summed E-state index contributed by atoms with van der Waals surface area (Å²) >= 11 is 3.45. The van der Waals surface area contributed by atoms with Crippen LogP contribution in [0.4, 0.5) is 5.69 Å². The molecule has 2 amide bonds. The van der Waals surface area contributed by atoms with Gasteiger partial charge in [-0.15, -0.1) is 0 Å². The van der Waals surface area contributed by atoms with Crippen LogP contribution in [0.5, 0.6) is 0 Å². The topological polar surface area (TPSA) is 41.8 Å². The SMILES string of the molecule is O=C1C[C@H]([NH+]2CCc3ccccc3C2)C(=O)N1c1ccccc1Br. The Morgan fingerprint density at radius 3 is 2.50 bits per heavy atom. The number of para-hydroxylation sites is 1. The predicted molar refractivity (Wildman–Crippen MR) is 94.7 cm³/mol. The average Bonchev–Trinajstić information content (AvgIpc) is 2.90. The van der Waals surface area contributed by atoms with E-state index in [1.54, 1.807) is 0 Å². The standard InChI is InChI=1S/C19H17BrN2O2/c20-15-7-3-4-8-16(15)22-18(23)11-17(19(22)24)21-10-9-13-5-1-2-6-14(13)12-21/h1-8,17H,9-12H2/p+1/t17-/m0/s1. The summed E-state index contributed by atoms with van der Waals surface area (Å²) in [6.45, 7) is 1.70. The number of nitrogens with zero attached hydrogens (tertiary/aromatic N) is 1. The highest BCUT2D eigenvalue weighted by Crippen LogP contribution is 2.29. The van der Waals surface area contributed by atoms with E-state index in [1.165, 1.54) is 20.9 Å². The van der Waals surface area contributed by atoms with Crippen molar-refractivity contribution in [3.05, 3.63) is 64.1 Å². The zero-order valence-corrected chi connectivity index (χ0v) is 14.8. The molecule has 0 aromatic heterocycles. The van der Waals surface area contributed by atoms with Gasteiger partial charge in [0.25, 0.3) is 5.91 Å². The van der Waals surface area contributed by atoms with Crippen molar-refractivity contribution in [1.29, 1.82) is 0 Å². The molecule has 4 nitrogen and oxygen atoms in total. The summed E-state index contributed by atoms with van der Waals surface area (Å²) in [5.41, 5.74) is 3.30. The van der Waals surface area contributed by atoms with Crippen LogP contribution in [0.3, 0.4) is 0 Å². The highest BCUT2D eigenvalue weighted by molar-refractivity contribution is 9.10. The fourth-order valence-electron chi connectivity index (χ4n) is 3.74. The third-order valence-corrected chi connectivity index (χ3v) is 5.65. The number of benzene rings is 2. The summed E-state index contributed by atoms with van der Waals surface area (Å²) in [5.74, 6) is -0.190. The fourth-order valence-corrected chi connectivity index (χ4v) is 4.20. The molecule has 1 unspecified atom stereocenters. The molecule has 0 radical (unpaired) electrons. The molecule has 122 valence electrons. The lowest BCUT2D eigenvalue weighted by Crippen LogP contribution is -3.16. The summed E-state index contributed by atoms with van der Waals surface area (Å²) < 4.78 is 0.770. The Hall–Kier alpha value is -1.98. The Morgan fingerprint density at radius 2 is 1.71 bits per heavy atom. The molecule has 0 spiro atoms. The lowest BCUT2D eigenvalue weighted by molar-refractivity contribution is -0.930. The van der Waals surface area contributed by atoms with E-state index in [-0.39, 0.29) is 24.3 Å². The van der Waals surface area contributed by atoms with Gasteiger partial charge in [0.1, 0.15) is 6.54 Å². The van der Waals surface area contributed by atoms with Gasteiger partial charge in [-0.2, -0.15) is 0 Å². The summed E-state index contributed by atoms with van der Waals surface area (Å²) in [7, 11) is 0. The van der Waals surface area contributed by atoms with E-state index in [2.05, 4.69) is 34.1 Å². The number of halogens is 1. The van der Waals surface area contributed by atoms with Gasteiger partial charge in [0.2, 0.25) is 5.91 Å². The molecule has 0 bridgehead atoms. The number of fused-ring (bicyclic) bond motifs is 1. The van der Waals surface area contributed by atoms with Crippen LogP contribution >= 0.6 is 15.9 Å². The predicted octanol–water partition coefficient (Wildman–Crippen LogP) is 1.72. The molecule has 1 fully saturated rings. The highest BCUT2D eigenvalue weighted by Gasteiger charge is 2.46. The number of imide groups is 1. The normalized spacial score (nSPS) is 23.5. The second kappa shape index (κ2) is 6.15. The van der Waals surface area contributed by atoms with Crippen LogP contribution in [0.1, 0.15) is 17.5 Å². The van der Waals surface area contributed by atoms with Crippen molar-refractivity contribution >= 4 is 33.4 Å². The molecule has 1 saturated heterocycles. The van der Waals surface area contributed by atoms with E-state index < -0.39 is 0 Å². The quantitative estimate of drug-likeness (QED) is 0.799. The van der Waals surface area contributed by atoms with Crippen molar-refractivity contribution in [1.82, 2.24) is 0 Å². The number of rotatable bonds is 2. The lowest BCUT2D eigenvalue weighted by Gasteiger charge is -2.29. The van der Waals surface area contributed by atoms with Crippen LogP contribution in [-0.2, 0) is 22.6 Å². The van der Waals surface area contributed by atoms with Crippen molar-refractivity contribution in [3.63, 3.8) is 0 Å². The van der Waals surface area contributed by atoms with Gasteiger partial charge in [-0.25, -0.2) is 4.90 Å². The van der Waals surface area contributed by atoms with E-state index in [9.17, 15) is 9.59 Å². The van der Waals surface area contributed by atoms with Gasteiger partial charge in [0.15, 0.2) is 6.04 Å². The number of hydrogen-bond donors (Lipinski definition) is 1. The van der Waals surface area contributed by atoms with Gasteiger partial charge in [-0.3, -0.25) is 9.59 Å². The highest BCUT2D eigenvalue weighted by atomic mass is 79.9. The van der Waals surface area contributed by atoms with Crippen molar-refractivity contribution in [2.24, 2.45) is 0 Å². The number of carbonyl (C=O) groups excluding carboxylic acids is 2. The van der Waals surface area contributed by atoms with Crippen LogP contribution in [0, 0.1) is 0 Å². The van der Waals surface area contributed by atoms with Crippen molar-refractivity contribution in [2.75, 3.05) is 11.4 Å². The van der Waals surface area contributed by atoms with Crippen molar-refractivity contribution in [2.45, 2.75) is 25.4 Å². The third-order valence-electron chi connectivity index (χ3n) is 4.98. The Labute approximate surface area is 149 Å². The number of carbonyl (C=O) groups is 2. The summed E-state index contributed by atoms with van der Waals surface area (Å²) in [6, 6.07) is 15.5. The van der Waals surface area contributed by atoms with Crippen LogP contribution in [0.25, 0.3) is 0 Å². The molecule has 1 N–H and O–H groups in total. The summed E-state index contributed by atoms with van der Waals surface area (Å²) in [5, 5.41) is 0. The van der Waals surface area contributed by atoms with Crippen LogP contribution in [-0.4, -0.2) is 24.4 Å². The smallest absolute Gasteiger partial charge is 0.292 e. The maximum Gasteiger partial charge on any atom is 0.292 e. The van der Waals surface area contributed by atoms with Crippen LogP contribution in [0.2, 0.25) is 0 Å². The van der Waals surface area contributed by atoms with Gasteiger partial charge in [-0.1, -0.05) is 36.4 Å². The molecule has 5 heteroatoms. The van der Waals surface area contributed by atoms with Crippen molar-refractivity contribution < 1.29 is 14.5 Å². The van der Waals surface area contributed by atoms with E-state index in [1.807, 2.05) is 30.3 Å². The Kier molecular flexibility index (Phi) is 3.98. The molecule has 0 aliphatic carbocycles. The molecule has 2 atom stereocenters. The molecule has 24 heavy (non-hydrogen) atoms. The Morgan fingerprint density at radius 1 is 1.00 bits per heavy atom. The van der Waals surface area contributed by atoms with E-state index in [0.29, 0.717) is 5.69 Å². The van der Waals surface area contributed by atoms with E-state index in [4.69, 9.17) is 0 Å². The second-order valence-corrected chi connectivity index (χ2v) is 7.23. The van der Waals surface area contributed by atoms with E-state index >= 15 is 0 Å². The largest absolute Gasteiger partial charge is 0.320 e. The zero-order chi connectivity index (χ0) is 16.7. The maximum atomic E-state index is 12.9. The first-order valence-corrected chi connectivity index (χ1v) is 8.97. The summed E-state index contributed by atoms with van der Waals surface area (Å²) in [4.78, 5) is 28.0. The van der Waals surface area contributed by atoms with Crippen LogP contribution in [0.15, 0.2) is 53.0 Å². The molecular formula is C19H18BrN2O2+.